The van der Waals surface area contributed by atoms with Gasteiger partial charge in [0.2, 0.25) is 5.91 Å². The molecule has 0 saturated carbocycles. The van der Waals surface area contributed by atoms with Crippen molar-refractivity contribution in [1.82, 2.24) is 15.5 Å². The Hall–Kier alpha value is -4.15. The second-order valence-electron chi connectivity index (χ2n) is 7.51. The van der Waals surface area contributed by atoms with E-state index in [1.54, 1.807) is 11.0 Å². The van der Waals surface area contributed by atoms with Crippen LogP contribution in [-0.2, 0) is 4.79 Å². The van der Waals surface area contributed by atoms with Crippen molar-refractivity contribution >= 4 is 29.1 Å². The third kappa shape index (κ3) is 5.97. The highest BCUT2D eigenvalue weighted by molar-refractivity contribution is 5.96. The molecule has 11 nitrogen and oxygen atoms in total. The van der Waals surface area contributed by atoms with E-state index < -0.39 is 10.8 Å². The predicted octanol–water partition coefficient (Wildman–Crippen LogP) is 1.13. The third-order valence-electron chi connectivity index (χ3n) is 5.33. The average molecular weight is 455 g/mol. The maximum Gasteiger partial charge on any atom is 0.293 e. The summed E-state index contributed by atoms with van der Waals surface area (Å²) in [7, 11) is 0. The van der Waals surface area contributed by atoms with Crippen LogP contribution in [0.15, 0.2) is 42.5 Å². The fourth-order valence-electron chi connectivity index (χ4n) is 3.51. The first kappa shape index (κ1) is 23.5. The van der Waals surface area contributed by atoms with Gasteiger partial charge in [-0.05, 0) is 36.4 Å². The van der Waals surface area contributed by atoms with Gasteiger partial charge in [-0.1, -0.05) is 0 Å². The van der Waals surface area contributed by atoms with Crippen LogP contribution in [0.2, 0.25) is 0 Å². The van der Waals surface area contributed by atoms with Gasteiger partial charge in [-0.3, -0.25) is 24.5 Å². The number of phenolic OH excluding ortho intramolecular Hbond substituents is 1. The number of anilines is 1. The first-order chi connectivity index (χ1) is 15.8. The molecule has 0 atom stereocenters. The number of amides is 3. The van der Waals surface area contributed by atoms with Crippen LogP contribution in [0.1, 0.15) is 27.6 Å². The summed E-state index contributed by atoms with van der Waals surface area (Å²) in [5.74, 6) is -0.827. The lowest BCUT2D eigenvalue weighted by Gasteiger charge is -2.35. The zero-order valence-electron chi connectivity index (χ0n) is 18.1. The Morgan fingerprint density at radius 2 is 1.48 bits per heavy atom. The van der Waals surface area contributed by atoms with Crippen molar-refractivity contribution in [2.45, 2.75) is 6.92 Å². The molecule has 1 aliphatic heterocycles. The van der Waals surface area contributed by atoms with E-state index in [2.05, 4.69) is 10.6 Å². The van der Waals surface area contributed by atoms with Crippen molar-refractivity contribution in [2.75, 3.05) is 44.2 Å². The van der Waals surface area contributed by atoms with Gasteiger partial charge in [0, 0.05) is 63.4 Å². The van der Waals surface area contributed by atoms with Gasteiger partial charge in [-0.15, -0.1) is 0 Å². The SMILES string of the molecule is CC(=O)N1CCN(c2ccc(C(=O)NCCNC(=O)c3ccc(O)cc3)cc2[N+](=O)[O-])CC1. The maximum atomic E-state index is 12.4. The first-order valence-electron chi connectivity index (χ1n) is 10.4. The molecule has 0 spiro atoms. The lowest BCUT2D eigenvalue weighted by molar-refractivity contribution is -0.384. The summed E-state index contributed by atoms with van der Waals surface area (Å²) in [6, 6.07) is 10.0. The fourth-order valence-corrected chi connectivity index (χ4v) is 3.51. The standard InChI is InChI=1S/C22H25N5O6/c1-15(28)25-10-12-26(13-11-25)19-7-4-17(14-20(19)27(32)33)22(31)24-9-8-23-21(30)16-2-5-18(29)6-3-16/h2-7,14,29H,8-13H2,1H3,(H,23,30)(H,24,31). The Bertz CT molecular complexity index is 1050. The number of nitrogens with one attached hydrogen (secondary N) is 2. The zero-order valence-corrected chi connectivity index (χ0v) is 18.1. The van der Waals surface area contributed by atoms with Crippen LogP contribution in [-0.4, -0.2) is 71.9 Å². The van der Waals surface area contributed by atoms with Gasteiger partial charge in [-0.2, -0.15) is 0 Å². The Morgan fingerprint density at radius 3 is 2.03 bits per heavy atom. The fraction of sp³-hybridized carbons (Fsp3) is 0.318. The van der Waals surface area contributed by atoms with E-state index in [0.717, 1.165) is 0 Å². The molecule has 3 N–H and O–H groups in total. The molecule has 0 radical (unpaired) electrons. The van der Waals surface area contributed by atoms with E-state index in [-0.39, 0.29) is 41.9 Å². The molecule has 3 amide bonds. The number of phenols is 1. The van der Waals surface area contributed by atoms with Gasteiger partial charge in [0.15, 0.2) is 0 Å². The summed E-state index contributed by atoms with van der Waals surface area (Å²) in [6.07, 6.45) is 0. The van der Waals surface area contributed by atoms with Gasteiger partial charge in [-0.25, -0.2) is 0 Å². The number of aromatic hydroxyl groups is 1. The van der Waals surface area contributed by atoms with Gasteiger partial charge in [0.1, 0.15) is 11.4 Å². The highest BCUT2D eigenvalue weighted by Crippen LogP contribution is 2.30. The van der Waals surface area contributed by atoms with E-state index in [0.29, 0.717) is 37.4 Å². The summed E-state index contributed by atoms with van der Waals surface area (Å²) in [6.45, 7) is 3.66. The van der Waals surface area contributed by atoms with Crippen LogP contribution in [0.4, 0.5) is 11.4 Å². The lowest BCUT2D eigenvalue weighted by Crippen LogP contribution is -2.48. The molecule has 0 unspecified atom stereocenters. The number of nitro benzene ring substituents is 1. The number of piperazine rings is 1. The number of rotatable bonds is 7. The lowest BCUT2D eigenvalue weighted by atomic mass is 10.1. The Kier molecular flexibility index (Phi) is 7.44. The number of carbonyl (C=O) groups is 3. The number of carbonyl (C=O) groups excluding carboxylic acids is 3. The van der Waals surface area contributed by atoms with E-state index in [1.807, 2.05) is 4.90 Å². The van der Waals surface area contributed by atoms with E-state index >= 15 is 0 Å². The quantitative estimate of drug-likeness (QED) is 0.322. The molecule has 33 heavy (non-hydrogen) atoms. The Balaban J connectivity index is 1.56. The normalized spacial score (nSPS) is 13.4. The smallest absolute Gasteiger partial charge is 0.293 e. The number of nitrogens with zero attached hydrogens (tertiary/aromatic N) is 3. The van der Waals surface area contributed by atoms with Crippen molar-refractivity contribution < 1.29 is 24.4 Å². The Labute approximate surface area is 190 Å². The minimum atomic E-state index is -0.526. The first-order valence-corrected chi connectivity index (χ1v) is 10.4. The molecule has 11 heteroatoms. The zero-order chi connectivity index (χ0) is 24.0. The summed E-state index contributed by atoms with van der Waals surface area (Å²) in [5.41, 5.74) is 0.729. The molecule has 0 aliphatic carbocycles. The van der Waals surface area contributed by atoms with Crippen molar-refractivity contribution in [1.29, 1.82) is 0 Å². The molecule has 2 aromatic carbocycles. The van der Waals surface area contributed by atoms with Gasteiger partial charge in [0.05, 0.1) is 4.92 Å². The number of hydrogen-bond acceptors (Lipinski definition) is 7. The van der Waals surface area contributed by atoms with Gasteiger partial charge < -0.3 is 25.5 Å². The monoisotopic (exact) mass is 455 g/mol. The van der Waals surface area contributed by atoms with Crippen LogP contribution in [0, 0.1) is 10.1 Å². The topological polar surface area (TPSA) is 145 Å². The van der Waals surface area contributed by atoms with Crippen molar-refractivity contribution in [3.63, 3.8) is 0 Å². The number of nitro groups is 1. The van der Waals surface area contributed by atoms with Gasteiger partial charge in [0.25, 0.3) is 17.5 Å². The van der Waals surface area contributed by atoms with Crippen LogP contribution in [0.3, 0.4) is 0 Å². The van der Waals surface area contributed by atoms with Crippen LogP contribution in [0.25, 0.3) is 0 Å². The molecule has 3 rings (SSSR count). The molecule has 1 saturated heterocycles. The second kappa shape index (κ2) is 10.4. The van der Waals surface area contributed by atoms with Crippen LogP contribution >= 0.6 is 0 Å². The van der Waals surface area contributed by atoms with Crippen LogP contribution in [0.5, 0.6) is 5.75 Å². The Morgan fingerprint density at radius 1 is 0.939 bits per heavy atom. The van der Waals surface area contributed by atoms with Crippen molar-refractivity contribution in [2.24, 2.45) is 0 Å². The molecule has 0 aromatic heterocycles. The molecular weight excluding hydrogens is 430 g/mol. The molecule has 174 valence electrons. The van der Waals surface area contributed by atoms with Crippen molar-refractivity contribution in [3.8, 4) is 5.75 Å². The summed E-state index contributed by atoms with van der Waals surface area (Å²) < 4.78 is 0. The summed E-state index contributed by atoms with van der Waals surface area (Å²) in [4.78, 5) is 50.6. The molecular formula is C22H25N5O6. The van der Waals surface area contributed by atoms with E-state index in [1.165, 1.54) is 43.3 Å². The summed E-state index contributed by atoms with van der Waals surface area (Å²) >= 11 is 0. The molecule has 2 aromatic rings. The van der Waals surface area contributed by atoms with Gasteiger partial charge >= 0.3 is 0 Å². The third-order valence-corrected chi connectivity index (χ3v) is 5.33. The minimum Gasteiger partial charge on any atom is -0.508 e. The molecule has 1 aliphatic rings. The molecule has 1 fully saturated rings. The van der Waals surface area contributed by atoms with E-state index in [9.17, 15) is 29.6 Å². The van der Waals surface area contributed by atoms with E-state index in [4.69, 9.17) is 0 Å². The van der Waals surface area contributed by atoms with Crippen LogP contribution < -0.4 is 15.5 Å². The van der Waals surface area contributed by atoms with Crippen molar-refractivity contribution in [3.05, 3.63) is 63.7 Å². The maximum absolute atomic E-state index is 12.4. The highest BCUT2D eigenvalue weighted by Gasteiger charge is 2.25. The average Bonchev–Trinajstić information content (AvgIpc) is 2.81. The largest absolute Gasteiger partial charge is 0.508 e. The minimum absolute atomic E-state index is 0.0320. The summed E-state index contributed by atoms with van der Waals surface area (Å²) in [5, 5.41) is 26.1. The molecule has 1 heterocycles. The number of benzene rings is 2. The molecule has 0 bridgehead atoms. The second-order valence-corrected chi connectivity index (χ2v) is 7.51. The predicted molar refractivity (Wildman–Crippen MR) is 120 cm³/mol. The highest BCUT2D eigenvalue weighted by atomic mass is 16.6. The number of hydrogen-bond donors (Lipinski definition) is 3.